The second kappa shape index (κ2) is 5.98. The van der Waals surface area contributed by atoms with Crippen molar-refractivity contribution in [3.05, 3.63) is 58.6 Å². The molecule has 2 aromatic rings. The lowest BCUT2D eigenvalue weighted by Crippen LogP contribution is -2.22. The topological polar surface area (TPSA) is 23.5 Å². The first-order valence-electron chi connectivity index (χ1n) is 6.40. The Bertz CT molecular complexity index is 568. The maximum Gasteiger partial charge on any atom is 0.139 e. The first-order valence-corrected chi connectivity index (χ1v) is 6.78. The smallest absolute Gasteiger partial charge is 0.139 e. The zero-order valence-electron chi connectivity index (χ0n) is 11.2. The van der Waals surface area contributed by atoms with Gasteiger partial charge in [0.15, 0.2) is 0 Å². The minimum atomic E-state index is 0.177. The van der Waals surface area contributed by atoms with Gasteiger partial charge in [0.25, 0.3) is 0 Å². The van der Waals surface area contributed by atoms with E-state index < -0.39 is 0 Å². The van der Waals surface area contributed by atoms with Gasteiger partial charge in [0.2, 0.25) is 0 Å². The molecular weight excluding hydrogens is 258 g/mol. The number of phenolic OH excluding ortho intramolecular Hbond substituents is 1. The normalized spacial score (nSPS) is 10.5. The summed E-state index contributed by atoms with van der Waals surface area (Å²) in [4.78, 5) is 2.22. The predicted molar refractivity (Wildman–Crippen MR) is 81.0 cm³/mol. The Morgan fingerprint density at radius 2 is 1.84 bits per heavy atom. The maximum atomic E-state index is 10.00. The second-order valence-electron chi connectivity index (χ2n) is 4.55. The van der Waals surface area contributed by atoms with Gasteiger partial charge < -0.3 is 10.0 Å². The predicted octanol–water partition coefficient (Wildman–Crippen LogP) is 4.38. The van der Waals surface area contributed by atoms with Crippen LogP contribution in [0.2, 0.25) is 5.02 Å². The van der Waals surface area contributed by atoms with E-state index in [1.165, 1.54) is 11.3 Å². The van der Waals surface area contributed by atoms with Crippen molar-refractivity contribution in [2.24, 2.45) is 0 Å². The number of halogens is 1. The van der Waals surface area contributed by atoms with Crippen LogP contribution in [0.3, 0.4) is 0 Å². The number of aromatic hydroxyl groups is 1. The SMILES string of the molecule is CCN(Cc1cccc(Cl)c1O)c1ccccc1C. The number of phenols is 1. The molecule has 2 rings (SSSR count). The average Bonchev–Trinajstić information content (AvgIpc) is 2.41. The Balaban J connectivity index is 2.30. The molecule has 0 unspecified atom stereocenters. The Morgan fingerprint density at radius 1 is 1.11 bits per heavy atom. The van der Waals surface area contributed by atoms with Gasteiger partial charge in [-0.1, -0.05) is 41.9 Å². The zero-order valence-corrected chi connectivity index (χ0v) is 12.0. The van der Waals surface area contributed by atoms with E-state index in [0.29, 0.717) is 11.6 Å². The molecule has 0 aliphatic carbocycles. The summed E-state index contributed by atoms with van der Waals surface area (Å²) in [6.45, 7) is 5.72. The van der Waals surface area contributed by atoms with E-state index in [1.54, 1.807) is 6.07 Å². The van der Waals surface area contributed by atoms with E-state index >= 15 is 0 Å². The number of para-hydroxylation sites is 2. The average molecular weight is 276 g/mol. The minimum absolute atomic E-state index is 0.177. The van der Waals surface area contributed by atoms with Crippen molar-refractivity contribution in [3.63, 3.8) is 0 Å². The lowest BCUT2D eigenvalue weighted by Gasteiger charge is -2.25. The number of benzene rings is 2. The first-order chi connectivity index (χ1) is 9.13. The van der Waals surface area contributed by atoms with Crippen LogP contribution in [-0.2, 0) is 6.54 Å². The number of hydrogen-bond donors (Lipinski definition) is 1. The molecule has 2 aromatic carbocycles. The van der Waals surface area contributed by atoms with Gasteiger partial charge in [-0.05, 0) is 31.5 Å². The first kappa shape index (κ1) is 13.8. The molecule has 0 bridgehead atoms. The highest BCUT2D eigenvalue weighted by molar-refractivity contribution is 6.32. The van der Waals surface area contributed by atoms with Crippen molar-refractivity contribution in [1.82, 2.24) is 0 Å². The number of nitrogens with zero attached hydrogens (tertiary/aromatic N) is 1. The summed E-state index contributed by atoms with van der Waals surface area (Å²) in [5, 5.41) is 10.4. The van der Waals surface area contributed by atoms with Gasteiger partial charge >= 0.3 is 0 Å². The summed E-state index contributed by atoms with van der Waals surface area (Å²) in [5.41, 5.74) is 3.26. The lowest BCUT2D eigenvalue weighted by molar-refractivity contribution is 0.467. The third kappa shape index (κ3) is 3.02. The molecule has 0 aromatic heterocycles. The molecule has 19 heavy (non-hydrogen) atoms. The van der Waals surface area contributed by atoms with E-state index in [-0.39, 0.29) is 5.75 Å². The van der Waals surface area contributed by atoms with Gasteiger partial charge in [0.05, 0.1) is 5.02 Å². The van der Waals surface area contributed by atoms with E-state index in [0.717, 1.165) is 12.1 Å². The summed E-state index contributed by atoms with van der Waals surface area (Å²) in [5.74, 6) is 0.177. The van der Waals surface area contributed by atoms with Gasteiger partial charge in [0.1, 0.15) is 5.75 Å². The monoisotopic (exact) mass is 275 g/mol. The van der Waals surface area contributed by atoms with Crippen LogP contribution in [0.1, 0.15) is 18.1 Å². The van der Waals surface area contributed by atoms with E-state index in [2.05, 4.69) is 30.9 Å². The summed E-state index contributed by atoms with van der Waals surface area (Å²) >= 11 is 5.95. The fourth-order valence-electron chi connectivity index (χ4n) is 2.18. The largest absolute Gasteiger partial charge is 0.506 e. The van der Waals surface area contributed by atoms with Crippen molar-refractivity contribution in [3.8, 4) is 5.75 Å². The van der Waals surface area contributed by atoms with Crippen molar-refractivity contribution >= 4 is 17.3 Å². The zero-order chi connectivity index (χ0) is 13.8. The Labute approximate surface area is 119 Å². The van der Waals surface area contributed by atoms with Crippen LogP contribution in [0.15, 0.2) is 42.5 Å². The molecular formula is C16H18ClNO. The molecule has 0 saturated carbocycles. The van der Waals surface area contributed by atoms with Gasteiger partial charge in [-0.25, -0.2) is 0 Å². The molecule has 100 valence electrons. The molecule has 1 N–H and O–H groups in total. The number of anilines is 1. The molecule has 0 saturated heterocycles. The highest BCUT2D eigenvalue weighted by atomic mass is 35.5. The molecule has 0 atom stereocenters. The fourth-order valence-corrected chi connectivity index (χ4v) is 2.37. The van der Waals surface area contributed by atoms with Crippen LogP contribution in [0.5, 0.6) is 5.75 Å². The van der Waals surface area contributed by atoms with Crippen LogP contribution < -0.4 is 4.90 Å². The van der Waals surface area contributed by atoms with Crippen LogP contribution in [0.4, 0.5) is 5.69 Å². The molecule has 0 spiro atoms. The summed E-state index contributed by atoms with van der Waals surface area (Å²) in [6, 6.07) is 13.7. The molecule has 0 amide bonds. The van der Waals surface area contributed by atoms with Gasteiger partial charge in [-0.2, -0.15) is 0 Å². The third-order valence-electron chi connectivity index (χ3n) is 3.27. The Hall–Kier alpha value is -1.67. The summed E-state index contributed by atoms with van der Waals surface area (Å²) in [6.07, 6.45) is 0. The van der Waals surface area contributed by atoms with Crippen molar-refractivity contribution in [2.75, 3.05) is 11.4 Å². The highest BCUT2D eigenvalue weighted by Crippen LogP contribution is 2.29. The van der Waals surface area contributed by atoms with Gasteiger partial charge in [-0.15, -0.1) is 0 Å². The van der Waals surface area contributed by atoms with Gasteiger partial charge in [-0.3, -0.25) is 0 Å². The van der Waals surface area contributed by atoms with Crippen LogP contribution >= 0.6 is 11.6 Å². The van der Waals surface area contributed by atoms with Crippen LogP contribution in [0.25, 0.3) is 0 Å². The summed E-state index contributed by atoms with van der Waals surface area (Å²) in [7, 11) is 0. The summed E-state index contributed by atoms with van der Waals surface area (Å²) < 4.78 is 0. The molecule has 0 fully saturated rings. The van der Waals surface area contributed by atoms with Gasteiger partial charge in [0, 0.05) is 24.3 Å². The van der Waals surface area contributed by atoms with Crippen LogP contribution in [-0.4, -0.2) is 11.7 Å². The van der Waals surface area contributed by atoms with Crippen molar-refractivity contribution in [1.29, 1.82) is 0 Å². The van der Waals surface area contributed by atoms with Crippen molar-refractivity contribution < 1.29 is 5.11 Å². The lowest BCUT2D eigenvalue weighted by atomic mass is 10.1. The highest BCUT2D eigenvalue weighted by Gasteiger charge is 2.11. The number of hydrogen-bond acceptors (Lipinski definition) is 2. The maximum absolute atomic E-state index is 10.00. The second-order valence-corrected chi connectivity index (χ2v) is 4.96. The molecule has 3 heteroatoms. The quantitative estimate of drug-likeness (QED) is 0.895. The van der Waals surface area contributed by atoms with E-state index in [1.807, 2.05) is 24.3 Å². The molecule has 0 aliphatic rings. The molecule has 0 aliphatic heterocycles. The molecule has 0 heterocycles. The molecule has 2 nitrogen and oxygen atoms in total. The Morgan fingerprint density at radius 3 is 2.53 bits per heavy atom. The minimum Gasteiger partial charge on any atom is -0.506 e. The van der Waals surface area contributed by atoms with Crippen LogP contribution in [0, 0.1) is 6.92 Å². The van der Waals surface area contributed by atoms with Crippen molar-refractivity contribution in [2.45, 2.75) is 20.4 Å². The number of aryl methyl sites for hydroxylation is 1. The van der Waals surface area contributed by atoms with E-state index in [9.17, 15) is 5.11 Å². The third-order valence-corrected chi connectivity index (χ3v) is 3.57. The molecule has 0 radical (unpaired) electrons. The standard InChI is InChI=1S/C16H18ClNO/c1-3-18(15-10-5-4-7-12(15)2)11-13-8-6-9-14(17)16(13)19/h4-10,19H,3,11H2,1-2H3. The van der Waals surface area contributed by atoms with E-state index in [4.69, 9.17) is 11.6 Å². The Kier molecular flexibility index (Phi) is 4.33. The fraction of sp³-hybridized carbons (Fsp3) is 0.250. The number of rotatable bonds is 4.